The van der Waals surface area contributed by atoms with Crippen LogP contribution in [0.4, 0.5) is 5.82 Å². The van der Waals surface area contributed by atoms with E-state index in [0.717, 1.165) is 10.6 Å². The molecule has 0 atom stereocenters. The van der Waals surface area contributed by atoms with Gasteiger partial charge in [0.05, 0.1) is 18.4 Å². The summed E-state index contributed by atoms with van der Waals surface area (Å²) in [7, 11) is 1.23. The minimum Gasteiger partial charge on any atom is -0.465 e. The van der Waals surface area contributed by atoms with E-state index >= 15 is 0 Å². The zero-order chi connectivity index (χ0) is 14.0. The van der Waals surface area contributed by atoms with Gasteiger partial charge in [-0.25, -0.2) is 14.2 Å². The second kappa shape index (κ2) is 4.81. The third-order valence-electron chi connectivity index (χ3n) is 2.52. The standard InChI is InChI=1S/C12H11N3O4/c1-19-11(17)7-4-2-3-5-8(7)15-9(13)6-10(16)14-12(15)18/h2-6H,13H2,1H3,(H,14,16,18). The van der Waals surface area contributed by atoms with Crippen molar-refractivity contribution < 1.29 is 9.53 Å². The van der Waals surface area contributed by atoms with Crippen LogP contribution in [0.3, 0.4) is 0 Å². The number of methoxy groups -OCH3 is 1. The van der Waals surface area contributed by atoms with E-state index < -0.39 is 17.2 Å². The van der Waals surface area contributed by atoms with Gasteiger partial charge < -0.3 is 10.5 Å². The lowest BCUT2D eigenvalue weighted by atomic mass is 10.1. The lowest BCUT2D eigenvalue weighted by Crippen LogP contribution is -2.31. The van der Waals surface area contributed by atoms with Gasteiger partial charge in [0.15, 0.2) is 0 Å². The lowest BCUT2D eigenvalue weighted by Gasteiger charge is -2.11. The highest BCUT2D eigenvalue weighted by Gasteiger charge is 2.15. The smallest absolute Gasteiger partial charge is 0.339 e. The van der Waals surface area contributed by atoms with E-state index in [1.807, 2.05) is 0 Å². The fraction of sp³-hybridized carbons (Fsp3) is 0.0833. The predicted molar refractivity (Wildman–Crippen MR) is 68.4 cm³/mol. The largest absolute Gasteiger partial charge is 0.465 e. The molecule has 0 unspecified atom stereocenters. The molecule has 7 heteroatoms. The molecule has 1 heterocycles. The quantitative estimate of drug-likeness (QED) is 0.734. The SMILES string of the molecule is COC(=O)c1ccccc1-n1c(N)cc(=O)[nH]c1=O. The number of nitrogen functional groups attached to an aromatic ring is 1. The molecular formula is C12H11N3O4. The Balaban J connectivity index is 2.77. The number of anilines is 1. The molecule has 2 rings (SSSR count). The molecule has 1 aromatic heterocycles. The molecule has 3 N–H and O–H groups in total. The number of hydrogen-bond acceptors (Lipinski definition) is 5. The lowest BCUT2D eigenvalue weighted by molar-refractivity contribution is 0.0601. The number of nitrogens with two attached hydrogens (primary N) is 1. The number of aromatic amines is 1. The van der Waals surface area contributed by atoms with E-state index in [0.29, 0.717) is 0 Å². The van der Waals surface area contributed by atoms with Gasteiger partial charge in [0, 0.05) is 6.07 Å². The number of ether oxygens (including phenoxy) is 1. The monoisotopic (exact) mass is 261 g/mol. The number of aromatic nitrogens is 2. The van der Waals surface area contributed by atoms with Gasteiger partial charge in [-0.05, 0) is 12.1 Å². The van der Waals surface area contributed by atoms with Crippen molar-refractivity contribution in [3.05, 3.63) is 56.7 Å². The van der Waals surface area contributed by atoms with E-state index in [-0.39, 0.29) is 17.1 Å². The molecule has 0 spiro atoms. The van der Waals surface area contributed by atoms with Crippen molar-refractivity contribution in [2.45, 2.75) is 0 Å². The molecule has 7 nitrogen and oxygen atoms in total. The summed E-state index contributed by atoms with van der Waals surface area (Å²) in [5, 5.41) is 0. The van der Waals surface area contributed by atoms with Crippen LogP contribution < -0.4 is 17.0 Å². The summed E-state index contributed by atoms with van der Waals surface area (Å²) in [6.07, 6.45) is 0. The van der Waals surface area contributed by atoms with Crippen LogP contribution in [-0.2, 0) is 4.74 Å². The summed E-state index contributed by atoms with van der Waals surface area (Å²) in [4.78, 5) is 36.7. The molecule has 0 aliphatic carbocycles. The number of H-pyrrole nitrogens is 1. The van der Waals surface area contributed by atoms with Crippen molar-refractivity contribution in [3.8, 4) is 5.69 Å². The van der Waals surface area contributed by atoms with Gasteiger partial charge in [0.25, 0.3) is 5.56 Å². The number of nitrogens with one attached hydrogen (secondary N) is 1. The first-order valence-electron chi connectivity index (χ1n) is 5.34. The van der Waals surface area contributed by atoms with Crippen molar-refractivity contribution in [1.82, 2.24) is 9.55 Å². The zero-order valence-corrected chi connectivity index (χ0v) is 10.0. The maximum absolute atomic E-state index is 11.8. The van der Waals surface area contributed by atoms with E-state index in [9.17, 15) is 14.4 Å². The normalized spacial score (nSPS) is 10.2. The molecule has 1 aromatic carbocycles. The Morgan fingerprint density at radius 1 is 1.32 bits per heavy atom. The number of para-hydroxylation sites is 1. The van der Waals surface area contributed by atoms with E-state index in [4.69, 9.17) is 5.73 Å². The molecular weight excluding hydrogens is 250 g/mol. The Labute approximate surface area is 107 Å². The second-order valence-electron chi connectivity index (χ2n) is 3.71. The Bertz CT molecular complexity index is 745. The summed E-state index contributed by atoms with van der Waals surface area (Å²) < 4.78 is 5.67. The number of benzene rings is 1. The molecule has 0 aliphatic heterocycles. The highest BCUT2D eigenvalue weighted by atomic mass is 16.5. The molecule has 0 saturated carbocycles. The van der Waals surface area contributed by atoms with Gasteiger partial charge in [-0.1, -0.05) is 12.1 Å². The Morgan fingerprint density at radius 2 is 2.00 bits per heavy atom. The summed E-state index contributed by atoms with van der Waals surface area (Å²) >= 11 is 0. The Hall–Kier alpha value is -2.83. The molecule has 0 radical (unpaired) electrons. The minimum atomic E-state index is -0.721. The number of carbonyl (C=O) groups is 1. The van der Waals surface area contributed by atoms with Crippen LogP contribution in [0.1, 0.15) is 10.4 Å². The molecule has 0 fully saturated rings. The van der Waals surface area contributed by atoms with Crippen LogP contribution in [0, 0.1) is 0 Å². The highest BCUT2D eigenvalue weighted by molar-refractivity contribution is 5.93. The summed E-state index contributed by atoms with van der Waals surface area (Å²) in [5.74, 6) is -0.668. The fourth-order valence-electron chi connectivity index (χ4n) is 1.71. The minimum absolute atomic E-state index is 0.0647. The fourth-order valence-corrected chi connectivity index (χ4v) is 1.71. The molecule has 0 bridgehead atoms. The van der Waals surface area contributed by atoms with Gasteiger partial charge >= 0.3 is 11.7 Å². The first-order valence-corrected chi connectivity index (χ1v) is 5.34. The molecule has 0 saturated heterocycles. The number of hydrogen-bond donors (Lipinski definition) is 2. The molecule has 19 heavy (non-hydrogen) atoms. The van der Waals surface area contributed by atoms with Crippen LogP contribution in [0.5, 0.6) is 0 Å². The van der Waals surface area contributed by atoms with E-state index in [2.05, 4.69) is 9.72 Å². The molecule has 0 aliphatic rings. The van der Waals surface area contributed by atoms with Crippen LogP contribution in [-0.4, -0.2) is 22.6 Å². The number of esters is 1. The average molecular weight is 261 g/mol. The first kappa shape index (κ1) is 12.6. The van der Waals surface area contributed by atoms with Gasteiger partial charge in [0.1, 0.15) is 5.82 Å². The predicted octanol–water partition coefficient (Wildman–Crippen LogP) is -0.105. The second-order valence-corrected chi connectivity index (χ2v) is 3.71. The van der Waals surface area contributed by atoms with Crippen LogP contribution in [0.25, 0.3) is 5.69 Å². The Morgan fingerprint density at radius 3 is 2.63 bits per heavy atom. The highest BCUT2D eigenvalue weighted by Crippen LogP contribution is 2.15. The van der Waals surface area contributed by atoms with Crippen molar-refractivity contribution in [2.24, 2.45) is 0 Å². The Kier molecular flexibility index (Phi) is 3.19. The third kappa shape index (κ3) is 2.25. The van der Waals surface area contributed by atoms with Gasteiger partial charge in [0.2, 0.25) is 0 Å². The van der Waals surface area contributed by atoms with Crippen LogP contribution >= 0.6 is 0 Å². The first-order chi connectivity index (χ1) is 9.04. The van der Waals surface area contributed by atoms with E-state index in [1.54, 1.807) is 12.1 Å². The van der Waals surface area contributed by atoms with Crippen molar-refractivity contribution in [2.75, 3.05) is 12.8 Å². The molecule has 0 amide bonds. The van der Waals surface area contributed by atoms with Gasteiger partial charge in [-0.2, -0.15) is 0 Å². The van der Waals surface area contributed by atoms with Gasteiger partial charge in [-0.15, -0.1) is 0 Å². The van der Waals surface area contributed by atoms with E-state index in [1.165, 1.54) is 19.2 Å². The summed E-state index contributed by atoms with van der Waals surface area (Å²) in [5.41, 5.74) is 4.75. The van der Waals surface area contributed by atoms with Crippen molar-refractivity contribution in [3.63, 3.8) is 0 Å². The average Bonchev–Trinajstić information content (AvgIpc) is 2.37. The van der Waals surface area contributed by atoms with Crippen molar-refractivity contribution >= 4 is 11.8 Å². The maximum atomic E-state index is 11.8. The molecule has 98 valence electrons. The van der Waals surface area contributed by atoms with Crippen LogP contribution in [0.2, 0.25) is 0 Å². The maximum Gasteiger partial charge on any atom is 0.339 e. The zero-order valence-electron chi connectivity index (χ0n) is 10.0. The topological polar surface area (TPSA) is 107 Å². The van der Waals surface area contributed by atoms with Crippen LogP contribution in [0.15, 0.2) is 39.9 Å². The molecule has 2 aromatic rings. The van der Waals surface area contributed by atoms with Gasteiger partial charge in [-0.3, -0.25) is 9.78 Å². The number of rotatable bonds is 2. The summed E-state index contributed by atoms with van der Waals surface area (Å²) in [6.45, 7) is 0. The number of carbonyl (C=O) groups excluding carboxylic acids is 1. The third-order valence-corrected chi connectivity index (χ3v) is 2.52. The summed E-state index contributed by atoms with van der Waals surface area (Å²) in [6, 6.07) is 7.36. The number of nitrogens with zero attached hydrogens (tertiary/aromatic N) is 1. The van der Waals surface area contributed by atoms with Crippen molar-refractivity contribution in [1.29, 1.82) is 0 Å².